The highest BCUT2D eigenvalue weighted by atomic mass is 19.3. The van der Waals surface area contributed by atoms with Gasteiger partial charge in [-0.25, -0.2) is 23.3 Å². The van der Waals surface area contributed by atoms with E-state index in [-0.39, 0.29) is 36.6 Å². The van der Waals surface area contributed by atoms with Gasteiger partial charge in [0.25, 0.3) is 0 Å². The van der Waals surface area contributed by atoms with Crippen molar-refractivity contribution in [3.63, 3.8) is 0 Å². The Kier molecular flexibility index (Phi) is 4.25. The van der Waals surface area contributed by atoms with Gasteiger partial charge in [-0.1, -0.05) is 0 Å². The van der Waals surface area contributed by atoms with Gasteiger partial charge in [-0.2, -0.15) is 5.10 Å². The zero-order chi connectivity index (χ0) is 19.0. The molecule has 1 saturated carbocycles. The molecule has 0 atom stereocenters. The summed E-state index contributed by atoms with van der Waals surface area (Å²) in [4.78, 5) is 23.4. The van der Waals surface area contributed by atoms with Gasteiger partial charge in [-0.05, 0) is 25.2 Å². The number of fused-ring (bicyclic) bond motifs is 1. The van der Waals surface area contributed by atoms with Crippen LogP contribution in [0, 0.1) is 16.0 Å². The molecule has 10 heteroatoms. The molecule has 0 aliphatic heterocycles. The summed E-state index contributed by atoms with van der Waals surface area (Å²) in [5.74, 6) is -2.39. The lowest BCUT2D eigenvalue weighted by atomic mass is 9.84. The van der Waals surface area contributed by atoms with Crippen molar-refractivity contribution in [2.24, 2.45) is 5.92 Å². The largest absolute Gasteiger partial charge is 0.308 e. The van der Waals surface area contributed by atoms with E-state index in [2.05, 4.69) is 20.1 Å². The quantitative estimate of drug-likeness (QED) is 0.512. The lowest BCUT2D eigenvalue weighted by Crippen LogP contribution is -2.25. The second-order valence-corrected chi connectivity index (χ2v) is 6.75. The zero-order valence-corrected chi connectivity index (χ0v) is 14.3. The first-order chi connectivity index (χ1) is 12.9. The highest BCUT2D eigenvalue weighted by molar-refractivity contribution is 5.75. The minimum absolute atomic E-state index is 0.0587. The van der Waals surface area contributed by atoms with Crippen LogP contribution in [0.1, 0.15) is 31.4 Å². The third-order valence-corrected chi connectivity index (χ3v) is 4.93. The average Bonchev–Trinajstić information content (AvgIpc) is 3.07. The van der Waals surface area contributed by atoms with Crippen molar-refractivity contribution in [2.75, 3.05) is 0 Å². The van der Waals surface area contributed by atoms with Gasteiger partial charge in [0.05, 0.1) is 28.4 Å². The predicted octanol–water partition coefficient (Wildman–Crippen LogP) is 3.46. The summed E-state index contributed by atoms with van der Waals surface area (Å²) in [5.41, 5.74) is 1.36. The Bertz CT molecular complexity index is 996. The van der Waals surface area contributed by atoms with Crippen LogP contribution in [0.25, 0.3) is 16.9 Å². The van der Waals surface area contributed by atoms with E-state index in [4.69, 9.17) is 0 Å². The lowest BCUT2D eigenvalue weighted by molar-refractivity contribution is -0.386. The fraction of sp³-hybridized carbons (Fsp3) is 0.412. The zero-order valence-electron chi connectivity index (χ0n) is 14.3. The number of nitrogens with zero attached hydrogens (tertiary/aromatic N) is 6. The highest BCUT2D eigenvalue weighted by Gasteiger charge is 2.35. The standard InChI is InChI=1S/C17H16F2N6O2/c18-17(19)3-1-11(2-4-17)7-13-15(25(26)27)10-21-16(23-13)12-8-22-24-6-5-20-9-14(12)24/h5-6,8-11H,1-4,7H2. The lowest BCUT2D eigenvalue weighted by Gasteiger charge is -2.27. The van der Waals surface area contributed by atoms with Gasteiger partial charge in [0.2, 0.25) is 5.92 Å². The third kappa shape index (κ3) is 3.46. The summed E-state index contributed by atoms with van der Waals surface area (Å²) in [6.07, 6.45) is 8.16. The van der Waals surface area contributed by atoms with Crippen LogP contribution >= 0.6 is 0 Å². The van der Waals surface area contributed by atoms with E-state index >= 15 is 0 Å². The van der Waals surface area contributed by atoms with Gasteiger partial charge >= 0.3 is 5.69 Å². The number of halogens is 2. The molecule has 3 heterocycles. The maximum absolute atomic E-state index is 13.4. The maximum Gasteiger partial charge on any atom is 0.308 e. The molecule has 0 radical (unpaired) electrons. The van der Waals surface area contributed by atoms with Crippen molar-refractivity contribution >= 4 is 11.2 Å². The monoisotopic (exact) mass is 374 g/mol. The van der Waals surface area contributed by atoms with Gasteiger partial charge in [-0.3, -0.25) is 15.1 Å². The molecule has 8 nitrogen and oxygen atoms in total. The Morgan fingerprint density at radius 3 is 2.78 bits per heavy atom. The van der Waals surface area contributed by atoms with E-state index in [1.54, 1.807) is 29.3 Å². The fourth-order valence-corrected chi connectivity index (χ4v) is 3.43. The molecule has 27 heavy (non-hydrogen) atoms. The Balaban J connectivity index is 1.68. The number of alkyl halides is 2. The van der Waals surface area contributed by atoms with Gasteiger partial charge in [0, 0.05) is 25.2 Å². The number of rotatable bonds is 4. The van der Waals surface area contributed by atoms with E-state index in [0.29, 0.717) is 29.7 Å². The van der Waals surface area contributed by atoms with Gasteiger partial charge in [-0.15, -0.1) is 0 Å². The van der Waals surface area contributed by atoms with Crippen molar-refractivity contribution in [3.05, 3.63) is 46.8 Å². The van der Waals surface area contributed by atoms with E-state index in [0.717, 1.165) is 0 Å². The third-order valence-electron chi connectivity index (χ3n) is 4.93. The van der Waals surface area contributed by atoms with Crippen molar-refractivity contribution in [1.29, 1.82) is 0 Å². The summed E-state index contributed by atoms with van der Waals surface area (Å²) < 4.78 is 28.4. The van der Waals surface area contributed by atoms with Crippen LogP contribution in [-0.2, 0) is 6.42 Å². The molecule has 0 unspecified atom stereocenters. The van der Waals surface area contributed by atoms with E-state index in [9.17, 15) is 18.9 Å². The van der Waals surface area contributed by atoms with Crippen LogP contribution < -0.4 is 0 Å². The summed E-state index contributed by atoms with van der Waals surface area (Å²) >= 11 is 0. The normalized spacial score (nSPS) is 17.3. The molecule has 0 spiro atoms. The molecular formula is C17H16F2N6O2. The summed E-state index contributed by atoms with van der Waals surface area (Å²) in [7, 11) is 0. The van der Waals surface area contributed by atoms with Crippen LogP contribution in [0.5, 0.6) is 0 Å². The van der Waals surface area contributed by atoms with Crippen LogP contribution in [0.4, 0.5) is 14.5 Å². The van der Waals surface area contributed by atoms with Crippen LogP contribution in [0.15, 0.2) is 31.0 Å². The highest BCUT2D eigenvalue weighted by Crippen LogP contribution is 2.38. The molecule has 140 valence electrons. The second-order valence-electron chi connectivity index (χ2n) is 6.75. The minimum Gasteiger partial charge on any atom is -0.261 e. The Labute approximate surface area is 152 Å². The van der Waals surface area contributed by atoms with Crippen LogP contribution in [0.3, 0.4) is 0 Å². The minimum atomic E-state index is -2.64. The first-order valence-corrected chi connectivity index (χ1v) is 8.59. The summed E-state index contributed by atoms with van der Waals surface area (Å²) in [5, 5.41) is 15.5. The Morgan fingerprint density at radius 2 is 2.04 bits per heavy atom. The SMILES string of the molecule is O=[N+]([O-])c1cnc(-c2cnn3ccncc23)nc1CC1CCC(F)(F)CC1. The van der Waals surface area contributed by atoms with Gasteiger partial charge in [0.1, 0.15) is 11.9 Å². The molecule has 3 aromatic rings. The van der Waals surface area contributed by atoms with Crippen molar-refractivity contribution < 1.29 is 13.7 Å². The maximum atomic E-state index is 13.4. The van der Waals surface area contributed by atoms with Crippen molar-refractivity contribution in [2.45, 2.75) is 38.0 Å². The molecule has 3 aromatic heterocycles. The van der Waals surface area contributed by atoms with Crippen LogP contribution in [-0.4, -0.2) is 35.4 Å². The summed E-state index contributed by atoms with van der Waals surface area (Å²) in [6, 6.07) is 0. The number of nitro groups is 1. The summed E-state index contributed by atoms with van der Waals surface area (Å²) in [6.45, 7) is 0. The topological polar surface area (TPSA) is 99.1 Å². The molecular weight excluding hydrogens is 358 g/mol. The van der Waals surface area contributed by atoms with E-state index < -0.39 is 10.8 Å². The number of aromatic nitrogens is 5. The predicted molar refractivity (Wildman–Crippen MR) is 91.3 cm³/mol. The first kappa shape index (κ1) is 17.4. The molecule has 0 amide bonds. The Morgan fingerprint density at radius 1 is 1.26 bits per heavy atom. The van der Waals surface area contributed by atoms with Crippen LogP contribution in [0.2, 0.25) is 0 Å². The van der Waals surface area contributed by atoms with Gasteiger partial charge < -0.3 is 0 Å². The molecule has 0 saturated heterocycles. The number of hydrogen-bond acceptors (Lipinski definition) is 6. The molecule has 0 bridgehead atoms. The molecule has 1 aliphatic carbocycles. The second kappa shape index (κ2) is 6.60. The van der Waals surface area contributed by atoms with Crippen molar-refractivity contribution in [1.82, 2.24) is 24.6 Å². The van der Waals surface area contributed by atoms with Gasteiger partial charge in [0.15, 0.2) is 5.82 Å². The molecule has 1 fully saturated rings. The smallest absolute Gasteiger partial charge is 0.261 e. The van der Waals surface area contributed by atoms with E-state index in [1.165, 1.54) is 6.20 Å². The fourth-order valence-electron chi connectivity index (χ4n) is 3.43. The molecule has 1 aliphatic rings. The van der Waals surface area contributed by atoms with Crippen molar-refractivity contribution in [3.8, 4) is 11.4 Å². The Hall–Kier alpha value is -3.04. The molecule has 0 N–H and O–H groups in total. The number of hydrogen-bond donors (Lipinski definition) is 0. The first-order valence-electron chi connectivity index (χ1n) is 8.59. The average molecular weight is 374 g/mol. The molecule has 4 rings (SSSR count). The van der Waals surface area contributed by atoms with E-state index in [1.807, 2.05) is 0 Å². The molecule has 0 aromatic carbocycles.